The Kier molecular flexibility index (Phi) is 4.65. The molecule has 0 bridgehead atoms. The van der Waals surface area contributed by atoms with Crippen molar-refractivity contribution >= 4 is 28.5 Å². The van der Waals surface area contributed by atoms with Crippen molar-refractivity contribution < 1.29 is 14.3 Å². The van der Waals surface area contributed by atoms with E-state index in [-0.39, 0.29) is 17.3 Å². The molecule has 2 heterocycles. The fraction of sp³-hybridized carbons (Fsp3) is 0.238. The molecule has 1 fully saturated rings. The van der Waals surface area contributed by atoms with E-state index in [0.717, 1.165) is 12.1 Å². The van der Waals surface area contributed by atoms with E-state index in [1.807, 2.05) is 0 Å². The third-order valence-electron chi connectivity index (χ3n) is 4.79. The lowest BCUT2D eigenvalue weighted by molar-refractivity contribution is -0.117. The normalized spacial score (nSPS) is 15.0. The van der Waals surface area contributed by atoms with Crippen LogP contribution in [0.25, 0.3) is 10.9 Å². The van der Waals surface area contributed by atoms with Crippen molar-refractivity contribution in [2.75, 3.05) is 11.4 Å². The van der Waals surface area contributed by atoms with Crippen molar-refractivity contribution in [1.82, 2.24) is 9.97 Å². The summed E-state index contributed by atoms with van der Waals surface area (Å²) in [5.41, 5.74) is 1.41. The Morgan fingerprint density at radius 1 is 1.14 bits per heavy atom. The molecule has 142 valence electrons. The number of benzene rings is 2. The molecule has 4 rings (SSSR count). The van der Waals surface area contributed by atoms with Crippen LogP contribution < -0.4 is 10.5 Å². The average Bonchev–Trinajstić information content (AvgIpc) is 3.14. The maximum absolute atomic E-state index is 12.5. The number of rotatable bonds is 4. The number of ether oxygens (including phenoxy) is 1. The number of fused-ring (bicyclic) bond motifs is 1. The van der Waals surface area contributed by atoms with Crippen LogP contribution in [0.3, 0.4) is 0 Å². The van der Waals surface area contributed by atoms with Gasteiger partial charge < -0.3 is 14.6 Å². The van der Waals surface area contributed by atoms with Crippen LogP contribution in [0.2, 0.25) is 0 Å². The number of aromatic amines is 1. The Labute approximate surface area is 161 Å². The molecular formula is C21H19N3O4. The van der Waals surface area contributed by atoms with Gasteiger partial charge in [0.05, 0.1) is 16.5 Å². The van der Waals surface area contributed by atoms with Crippen LogP contribution in [0, 0.1) is 0 Å². The predicted molar refractivity (Wildman–Crippen MR) is 104 cm³/mol. The quantitative estimate of drug-likeness (QED) is 0.706. The molecule has 1 atom stereocenters. The van der Waals surface area contributed by atoms with E-state index in [2.05, 4.69) is 9.97 Å². The van der Waals surface area contributed by atoms with Crippen molar-refractivity contribution in [2.45, 2.75) is 25.9 Å². The summed E-state index contributed by atoms with van der Waals surface area (Å²) < 4.78 is 5.46. The summed E-state index contributed by atoms with van der Waals surface area (Å²) in [6.07, 6.45) is 0.680. The number of carbonyl (C=O) groups is 2. The third-order valence-corrected chi connectivity index (χ3v) is 4.79. The van der Waals surface area contributed by atoms with E-state index in [9.17, 15) is 14.4 Å². The molecule has 2 aromatic carbocycles. The average molecular weight is 377 g/mol. The summed E-state index contributed by atoms with van der Waals surface area (Å²) in [6.45, 7) is 2.35. The number of aromatic nitrogens is 2. The second-order valence-corrected chi connectivity index (χ2v) is 6.71. The number of para-hydroxylation sites is 1. The fourth-order valence-corrected chi connectivity index (χ4v) is 3.28. The molecule has 1 aliphatic rings. The van der Waals surface area contributed by atoms with Crippen LogP contribution in [-0.4, -0.2) is 28.4 Å². The van der Waals surface area contributed by atoms with E-state index >= 15 is 0 Å². The first-order valence-electron chi connectivity index (χ1n) is 9.13. The SMILES string of the molecule is C[C@@H](OC(=O)c1ccc(N2CCCC2=O)cc1)c1nc2ccccc2c(=O)[nH]1. The van der Waals surface area contributed by atoms with Crippen molar-refractivity contribution in [3.05, 3.63) is 70.3 Å². The molecular weight excluding hydrogens is 358 g/mol. The third kappa shape index (κ3) is 3.38. The van der Waals surface area contributed by atoms with Gasteiger partial charge in [-0.1, -0.05) is 12.1 Å². The Hall–Kier alpha value is -3.48. The zero-order valence-corrected chi connectivity index (χ0v) is 15.3. The zero-order valence-electron chi connectivity index (χ0n) is 15.3. The molecule has 1 aromatic heterocycles. The molecule has 0 aliphatic carbocycles. The van der Waals surface area contributed by atoms with Gasteiger partial charge in [0.2, 0.25) is 5.91 Å². The number of amides is 1. The highest BCUT2D eigenvalue weighted by atomic mass is 16.5. The minimum Gasteiger partial charge on any atom is -0.451 e. The minimum absolute atomic E-state index is 0.0929. The molecule has 0 unspecified atom stereocenters. The summed E-state index contributed by atoms with van der Waals surface area (Å²) in [4.78, 5) is 45.2. The maximum atomic E-state index is 12.5. The van der Waals surface area contributed by atoms with Gasteiger partial charge in [0.1, 0.15) is 0 Å². The molecule has 0 saturated carbocycles. The number of anilines is 1. The maximum Gasteiger partial charge on any atom is 0.338 e. The van der Waals surface area contributed by atoms with Crippen molar-refractivity contribution in [3.63, 3.8) is 0 Å². The molecule has 1 N–H and O–H groups in total. The van der Waals surface area contributed by atoms with Crippen LogP contribution >= 0.6 is 0 Å². The van der Waals surface area contributed by atoms with Gasteiger partial charge in [0.15, 0.2) is 11.9 Å². The number of nitrogens with one attached hydrogen (secondary N) is 1. The Morgan fingerprint density at radius 3 is 2.61 bits per heavy atom. The summed E-state index contributed by atoms with van der Waals surface area (Å²) >= 11 is 0. The van der Waals surface area contributed by atoms with Crippen molar-refractivity contribution in [1.29, 1.82) is 0 Å². The molecule has 7 heteroatoms. The molecule has 1 amide bonds. The topological polar surface area (TPSA) is 92.4 Å². The zero-order chi connectivity index (χ0) is 19.7. The predicted octanol–water partition coefficient (Wildman–Crippen LogP) is 2.97. The number of hydrogen-bond donors (Lipinski definition) is 1. The van der Waals surface area contributed by atoms with Gasteiger partial charge in [-0.25, -0.2) is 9.78 Å². The van der Waals surface area contributed by atoms with Crippen LogP contribution in [0.5, 0.6) is 0 Å². The lowest BCUT2D eigenvalue weighted by atomic mass is 10.2. The number of hydrogen-bond acceptors (Lipinski definition) is 5. The Morgan fingerprint density at radius 2 is 1.89 bits per heavy atom. The number of esters is 1. The van der Waals surface area contributed by atoms with Crippen LogP contribution in [0.4, 0.5) is 5.69 Å². The second-order valence-electron chi connectivity index (χ2n) is 6.71. The molecule has 3 aromatic rings. The first-order chi connectivity index (χ1) is 13.5. The highest BCUT2D eigenvalue weighted by Crippen LogP contribution is 2.23. The van der Waals surface area contributed by atoms with Crippen molar-refractivity contribution in [2.24, 2.45) is 0 Å². The monoisotopic (exact) mass is 377 g/mol. The van der Waals surface area contributed by atoms with Gasteiger partial charge in [-0.05, 0) is 49.7 Å². The van der Waals surface area contributed by atoms with Gasteiger partial charge in [-0.3, -0.25) is 9.59 Å². The highest BCUT2D eigenvalue weighted by molar-refractivity contribution is 5.96. The first-order valence-corrected chi connectivity index (χ1v) is 9.13. The number of H-pyrrole nitrogens is 1. The summed E-state index contributed by atoms with van der Waals surface area (Å²) in [5, 5.41) is 0.483. The summed E-state index contributed by atoms with van der Waals surface area (Å²) in [7, 11) is 0. The second kappa shape index (κ2) is 7.26. The number of nitrogens with zero attached hydrogens (tertiary/aromatic N) is 2. The molecule has 28 heavy (non-hydrogen) atoms. The lowest BCUT2D eigenvalue weighted by Gasteiger charge is -2.16. The molecule has 0 spiro atoms. The minimum atomic E-state index is -0.718. The van der Waals surface area contributed by atoms with Crippen LogP contribution in [0.1, 0.15) is 42.1 Å². The van der Waals surface area contributed by atoms with E-state index in [1.165, 1.54) is 0 Å². The fourth-order valence-electron chi connectivity index (χ4n) is 3.28. The smallest absolute Gasteiger partial charge is 0.338 e. The summed E-state index contributed by atoms with van der Waals surface area (Å²) in [5.74, 6) is -0.144. The Bertz CT molecular complexity index is 1100. The molecule has 7 nitrogen and oxygen atoms in total. The van der Waals surface area contributed by atoms with Gasteiger partial charge in [-0.15, -0.1) is 0 Å². The lowest BCUT2D eigenvalue weighted by Crippen LogP contribution is -2.23. The van der Waals surface area contributed by atoms with E-state index in [1.54, 1.807) is 60.4 Å². The van der Waals surface area contributed by atoms with E-state index < -0.39 is 12.1 Å². The first kappa shape index (κ1) is 17.9. The van der Waals surface area contributed by atoms with Crippen LogP contribution in [0.15, 0.2) is 53.3 Å². The van der Waals surface area contributed by atoms with Gasteiger partial charge in [0, 0.05) is 18.7 Å². The molecule has 1 aliphatic heterocycles. The molecule has 0 radical (unpaired) electrons. The van der Waals surface area contributed by atoms with Gasteiger partial charge >= 0.3 is 5.97 Å². The van der Waals surface area contributed by atoms with Crippen LogP contribution in [-0.2, 0) is 9.53 Å². The highest BCUT2D eigenvalue weighted by Gasteiger charge is 2.22. The Balaban J connectivity index is 1.50. The van der Waals surface area contributed by atoms with Gasteiger partial charge in [-0.2, -0.15) is 0 Å². The molecule has 1 saturated heterocycles. The number of carbonyl (C=O) groups excluding carboxylic acids is 2. The largest absolute Gasteiger partial charge is 0.451 e. The van der Waals surface area contributed by atoms with E-state index in [4.69, 9.17) is 4.74 Å². The van der Waals surface area contributed by atoms with E-state index in [0.29, 0.717) is 29.4 Å². The van der Waals surface area contributed by atoms with Crippen molar-refractivity contribution in [3.8, 4) is 0 Å². The van der Waals surface area contributed by atoms with Gasteiger partial charge in [0.25, 0.3) is 5.56 Å². The standard InChI is InChI=1S/C21H19N3O4/c1-13(19-22-17-6-3-2-5-16(17)20(26)23-19)28-21(27)14-8-10-15(11-9-14)24-12-4-7-18(24)25/h2-3,5-6,8-11,13H,4,7,12H2,1H3,(H,22,23,26)/t13-/m1/s1. The summed E-state index contributed by atoms with van der Waals surface area (Å²) in [6, 6.07) is 13.7.